The zero-order chi connectivity index (χ0) is 14.7. The van der Waals surface area contributed by atoms with Gasteiger partial charge in [0, 0.05) is 6.20 Å². The van der Waals surface area contributed by atoms with Crippen molar-refractivity contribution < 1.29 is 9.53 Å². The summed E-state index contributed by atoms with van der Waals surface area (Å²) in [6.07, 6.45) is 3.05. The van der Waals surface area contributed by atoms with Crippen LogP contribution in [-0.2, 0) is 9.53 Å². The van der Waals surface area contributed by atoms with E-state index in [4.69, 9.17) is 4.74 Å². The Balaban J connectivity index is 1.54. The third-order valence-electron chi connectivity index (χ3n) is 3.42. The highest BCUT2D eigenvalue weighted by molar-refractivity contribution is 5.85. The molecule has 1 amide bonds. The Hall–Kier alpha value is -2.39. The minimum absolute atomic E-state index is 0.104. The zero-order valence-corrected chi connectivity index (χ0v) is 11.8. The summed E-state index contributed by atoms with van der Waals surface area (Å²) in [7, 11) is 0. The van der Waals surface area contributed by atoms with Gasteiger partial charge in [0.2, 0.25) is 0 Å². The quantitative estimate of drug-likeness (QED) is 0.873. The molecule has 0 spiro atoms. The second kappa shape index (κ2) is 5.94. The van der Waals surface area contributed by atoms with Crippen molar-refractivity contribution in [2.24, 2.45) is 0 Å². The second-order valence-electron chi connectivity index (χ2n) is 5.14. The average Bonchev–Trinajstić information content (AvgIpc) is 3.29. The van der Waals surface area contributed by atoms with Crippen molar-refractivity contribution in [1.29, 1.82) is 0 Å². The van der Waals surface area contributed by atoms with Crippen LogP contribution in [0.15, 0.2) is 60.8 Å². The summed E-state index contributed by atoms with van der Waals surface area (Å²) in [5, 5.41) is 2.77. The molecule has 1 heterocycles. The molecule has 0 aromatic heterocycles. The van der Waals surface area contributed by atoms with Crippen LogP contribution in [0.4, 0.5) is 0 Å². The van der Waals surface area contributed by atoms with Gasteiger partial charge in [0.15, 0.2) is 6.10 Å². The zero-order valence-electron chi connectivity index (χ0n) is 11.8. The smallest absolute Gasteiger partial charge is 0.256 e. The van der Waals surface area contributed by atoms with Crippen LogP contribution >= 0.6 is 0 Å². The number of hydrogen-bond donors (Lipinski definition) is 1. The number of benzene rings is 2. The molecule has 0 aliphatic carbocycles. The molecule has 0 bridgehead atoms. The number of carbonyl (C=O) groups excluding carboxylic acids is 1. The lowest BCUT2D eigenvalue weighted by Crippen LogP contribution is -2.23. The minimum Gasteiger partial charge on any atom is -0.354 e. The van der Waals surface area contributed by atoms with Gasteiger partial charge in [-0.2, -0.15) is 0 Å². The first kappa shape index (κ1) is 13.6. The van der Waals surface area contributed by atoms with E-state index in [9.17, 15) is 4.79 Å². The number of carbonyl (C=O) groups is 1. The molecule has 1 aliphatic rings. The van der Waals surface area contributed by atoms with Crippen molar-refractivity contribution in [3.63, 3.8) is 0 Å². The van der Waals surface area contributed by atoms with Gasteiger partial charge in [-0.05, 0) is 24.1 Å². The van der Waals surface area contributed by atoms with Gasteiger partial charge in [0.25, 0.3) is 5.91 Å². The number of nitrogens with one attached hydrogen (secondary N) is 1. The molecule has 3 heteroatoms. The Labute approximate surface area is 124 Å². The molecule has 21 heavy (non-hydrogen) atoms. The lowest BCUT2D eigenvalue weighted by molar-refractivity contribution is -0.121. The normalized spacial score (nSPS) is 20.4. The molecule has 2 aromatic rings. The maximum atomic E-state index is 12.0. The van der Waals surface area contributed by atoms with Gasteiger partial charge < -0.3 is 10.1 Å². The first-order valence-electron chi connectivity index (χ1n) is 6.98. The maximum Gasteiger partial charge on any atom is 0.256 e. The molecule has 1 fully saturated rings. The van der Waals surface area contributed by atoms with Gasteiger partial charge in [-0.25, -0.2) is 0 Å². The van der Waals surface area contributed by atoms with Gasteiger partial charge in [-0.1, -0.05) is 60.2 Å². The molecule has 1 N–H and O–H groups in total. The van der Waals surface area contributed by atoms with Gasteiger partial charge in [0.1, 0.15) is 6.10 Å². The molecule has 2 aromatic carbocycles. The monoisotopic (exact) mass is 279 g/mol. The van der Waals surface area contributed by atoms with E-state index >= 15 is 0 Å². The van der Waals surface area contributed by atoms with Crippen LogP contribution in [0.25, 0.3) is 6.08 Å². The molecule has 106 valence electrons. The number of aryl methyl sites for hydroxylation is 1. The molecule has 1 saturated heterocycles. The van der Waals surface area contributed by atoms with Crippen LogP contribution in [0.5, 0.6) is 0 Å². The van der Waals surface area contributed by atoms with Crippen molar-refractivity contribution in [2.75, 3.05) is 0 Å². The summed E-state index contributed by atoms with van der Waals surface area (Å²) in [6.45, 7) is 2.04. The predicted molar refractivity (Wildman–Crippen MR) is 82.4 cm³/mol. The summed E-state index contributed by atoms with van der Waals surface area (Å²) < 4.78 is 5.44. The molecule has 0 saturated carbocycles. The van der Waals surface area contributed by atoms with Crippen LogP contribution in [0.2, 0.25) is 0 Å². The van der Waals surface area contributed by atoms with Crippen LogP contribution < -0.4 is 5.32 Å². The third-order valence-corrected chi connectivity index (χ3v) is 3.42. The Bertz CT molecular complexity index is 664. The molecule has 3 nitrogen and oxygen atoms in total. The SMILES string of the molecule is Cc1cccc(/C=C\NC(=O)[C@H]2O[C@@H]2c2ccccc2)c1. The average molecular weight is 279 g/mol. The van der Waals surface area contributed by atoms with Crippen LogP contribution in [0.1, 0.15) is 22.8 Å². The fraction of sp³-hybridized carbons (Fsp3) is 0.167. The van der Waals surface area contributed by atoms with E-state index in [1.54, 1.807) is 6.20 Å². The Morgan fingerprint density at radius 2 is 1.95 bits per heavy atom. The summed E-state index contributed by atoms with van der Waals surface area (Å²) >= 11 is 0. The van der Waals surface area contributed by atoms with Crippen molar-refractivity contribution in [2.45, 2.75) is 19.1 Å². The van der Waals surface area contributed by atoms with Crippen molar-refractivity contribution in [1.82, 2.24) is 5.32 Å². The molecular formula is C18H17NO2. The van der Waals surface area contributed by atoms with E-state index in [0.717, 1.165) is 11.1 Å². The number of amides is 1. The van der Waals surface area contributed by atoms with Gasteiger partial charge >= 0.3 is 0 Å². The molecule has 3 rings (SSSR count). The fourth-order valence-corrected chi connectivity index (χ4v) is 2.28. The van der Waals surface area contributed by atoms with Crippen LogP contribution in [0, 0.1) is 6.92 Å². The maximum absolute atomic E-state index is 12.0. The van der Waals surface area contributed by atoms with E-state index in [-0.39, 0.29) is 18.1 Å². The lowest BCUT2D eigenvalue weighted by Gasteiger charge is -1.98. The molecule has 1 aliphatic heterocycles. The van der Waals surface area contributed by atoms with Gasteiger partial charge in [0.05, 0.1) is 0 Å². The summed E-state index contributed by atoms with van der Waals surface area (Å²) in [5.41, 5.74) is 3.30. The van der Waals surface area contributed by atoms with Crippen LogP contribution in [0.3, 0.4) is 0 Å². The molecule has 2 atom stereocenters. The Morgan fingerprint density at radius 1 is 1.14 bits per heavy atom. The second-order valence-corrected chi connectivity index (χ2v) is 5.14. The van der Waals surface area contributed by atoms with Gasteiger partial charge in [-0.3, -0.25) is 4.79 Å². The largest absolute Gasteiger partial charge is 0.354 e. The van der Waals surface area contributed by atoms with E-state index in [1.165, 1.54) is 5.56 Å². The summed E-state index contributed by atoms with van der Waals surface area (Å²) in [4.78, 5) is 12.0. The third kappa shape index (κ3) is 3.38. The molecular weight excluding hydrogens is 262 g/mol. The predicted octanol–water partition coefficient (Wildman–Crippen LogP) is 3.22. The summed E-state index contributed by atoms with van der Waals surface area (Å²) in [5.74, 6) is -0.104. The highest BCUT2D eigenvalue weighted by Crippen LogP contribution is 2.38. The molecule has 0 unspecified atom stereocenters. The standard InChI is InChI=1S/C18H17NO2/c1-13-6-5-7-14(12-13)10-11-19-18(20)17-16(21-17)15-8-3-2-4-9-15/h2-12,16-17H,1H3,(H,19,20)/b11-10-/t16-,17+/m1/s1. The topological polar surface area (TPSA) is 41.6 Å². The summed E-state index contributed by atoms with van der Waals surface area (Å²) in [6, 6.07) is 17.9. The number of epoxide rings is 1. The Morgan fingerprint density at radius 3 is 2.71 bits per heavy atom. The highest BCUT2D eigenvalue weighted by atomic mass is 16.6. The number of ether oxygens (including phenoxy) is 1. The first-order valence-corrected chi connectivity index (χ1v) is 6.98. The minimum atomic E-state index is -0.380. The molecule has 0 radical (unpaired) electrons. The lowest BCUT2D eigenvalue weighted by atomic mass is 10.1. The highest BCUT2D eigenvalue weighted by Gasteiger charge is 2.45. The van der Waals surface area contributed by atoms with Crippen molar-refractivity contribution in [3.8, 4) is 0 Å². The van der Waals surface area contributed by atoms with Crippen LogP contribution in [-0.4, -0.2) is 12.0 Å². The van der Waals surface area contributed by atoms with E-state index in [1.807, 2.05) is 61.5 Å². The number of rotatable bonds is 4. The number of hydrogen-bond acceptors (Lipinski definition) is 2. The van der Waals surface area contributed by atoms with Crippen molar-refractivity contribution in [3.05, 3.63) is 77.5 Å². The van der Waals surface area contributed by atoms with Gasteiger partial charge in [-0.15, -0.1) is 0 Å². The van der Waals surface area contributed by atoms with E-state index in [0.29, 0.717) is 0 Å². The Kier molecular flexibility index (Phi) is 3.84. The van der Waals surface area contributed by atoms with E-state index < -0.39 is 0 Å². The van der Waals surface area contributed by atoms with E-state index in [2.05, 4.69) is 11.4 Å². The first-order chi connectivity index (χ1) is 10.2. The van der Waals surface area contributed by atoms with Crippen molar-refractivity contribution >= 4 is 12.0 Å². The fourth-order valence-electron chi connectivity index (χ4n) is 2.28.